The van der Waals surface area contributed by atoms with Crippen LogP contribution in [0.4, 0.5) is 11.5 Å². The van der Waals surface area contributed by atoms with Crippen LogP contribution < -0.4 is 5.32 Å². The summed E-state index contributed by atoms with van der Waals surface area (Å²) in [6.07, 6.45) is 1.50. The van der Waals surface area contributed by atoms with Gasteiger partial charge in [0.2, 0.25) is 5.82 Å². The van der Waals surface area contributed by atoms with Crippen molar-refractivity contribution in [3.63, 3.8) is 0 Å². The van der Waals surface area contributed by atoms with Crippen molar-refractivity contribution >= 4 is 27.4 Å². The fourth-order valence-electron chi connectivity index (χ4n) is 0.975. The van der Waals surface area contributed by atoms with Crippen molar-refractivity contribution in [1.29, 1.82) is 0 Å². The van der Waals surface area contributed by atoms with Crippen LogP contribution in [0.2, 0.25) is 0 Å². The Morgan fingerprint density at radius 2 is 2.47 bits per heavy atom. The number of hydrogen-bond acceptors (Lipinski definition) is 5. The number of methoxy groups -OCH3 is 1. The molecule has 1 N–H and O–H groups in total. The minimum Gasteiger partial charge on any atom is -0.383 e. The van der Waals surface area contributed by atoms with Gasteiger partial charge in [-0.05, 0) is 15.9 Å². The second-order valence-corrected chi connectivity index (χ2v) is 3.61. The molecule has 1 aromatic rings. The normalized spacial score (nSPS) is 10.0. The summed E-state index contributed by atoms with van der Waals surface area (Å²) in [5.41, 5.74) is -0.0551. The lowest BCUT2D eigenvalue weighted by atomic mass is 10.4. The molecule has 0 saturated carbocycles. The number of pyridine rings is 1. The molecule has 0 bridgehead atoms. The molecule has 0 saturated heterocycles. The third-order valence-electron chi connectivity index (χ3n) is 1.63. The van der Waals surface area contributed by atoms with E-state index < -0.39 is 4.92 Å². The van der Waals surface area contributed by atoms with Crippen molar-refractivity contribution in [3.8, 4) is 0 Å². The summed E-state index contributed by atoms with van der Waals surface area (Å²) >= 11 is 3.13. The SMILES string of the molecule is COCCNc1ncc(Br)cc1[N+](=O)[O-]. The molecule has 0 aromatic carbocycles. The lowest BCUT2D eigenvalue weighted by molar-refractivity contribution is -0.384. The molecule has 0 aliphatic rings. The van der Waals surface area contributed by atoms with Crippen molar-refractivity contribution in [3.05, 3.63) is 26.9 Å². The Bertz CT molecular complexity index is 359. The molecule has 1 rings (SSSR count). The van der Waals surface area contributed by atoms with Gasteiger partial charge in [0.25, 0.3) is 0 Å². The Balaban J connectivity index is 2.81. The second-order valence-electron chi connectivity index (χ2n) is 2.70. The Morgan fingerprint density at radius 3 is 3.07 bits per heavy atom. The van der Waals surface area contributed by atoms with E-state index in [0.717, 1.165) is 0 Å². The highest BCUT2D eigenvalue weighted by Gasteiger charge is 2.14. The number of ether oxygens (including phenoxy) is 1. The molecule has 0 spiro atoms. The zero-order valence-electron chi connectivity index (χ0n) is 8.07. The molecule has 6 nitrogen and oxygen atoms in total. The molecule has 0 aliphatic carbocycles. The predicted molar refractivity (Wildman–Crippen MR) is 59.0 cm³/mol. The van der Waals surface area contributed by atoms with Crippen LogP contribution in [0.15, 0.2) is 16.7 Å². The van der Waals surface area contributed by atoms with Crippen molar-refractivity contribution < 1.29 is 9.66 Å². The van der Waals surface area contributed by atoms with E-state index in [4.69, 9.17) is 4.74 Å². The average molecular weight is 276 g/mol. The lowest BCUT2D eigenvalue weighted by Crippen LogP contribution is -2.10. The van der Waals surface area contributed by atoms with Crippen molar-refractivity contribution in [2.45, 2.75) is 0 Å². The van der Waals surface area contributed by atoms with Crippen molar-refractivity contribution in [2.75, 3.05) is 25.6 Å². The van der Waals surface area contributed by atoms with E-state index in [-0.39, 0.29) is 11.5 Å². The topological polar surface area (TPSA) is 77.3 Å². The molecule has 1 heterocycles. The van der Waals surface area contributed by atoms with Crippen LogP contribution in [0.5, 0.6) is 0 Å². The van der Waals surface area contributed by atoms with Gasteiger partial charge in [-0.3, -0.25) is 10.1 Å². The molecule has 0 aliphatic heterocycles. The smallest absolute Gasteiger partial charge is 0.312 e. The van der Waals surface area contributed by atoms with Crippen LogP contribution in [0, 0.1) is 10.1 Å². The molecule has 0 radical (unpaired) electrons. The van der Waals surface area contributed by atoms with Gasteiger partial charge in [0, 0.05) is 30.4 Å². The van der Waals surface area contributed by atoms with Gasteiger partial charge in [-0.1, -0.05) is 0 Å². The van der Waals surface area contributed by atoms with Gasteiger partial charge in [-0.25, -0.2) is 4.98 Å². The summed E-state index contributed by atoms with van der Waals surface area (Å²) in [6.45, 7) is 0.945. The summed E-state index contributed by atoms with van der Waals surface area (Å²) in [4.78, 5) is 14.1. The zero-order valence-corrected chi connectivity index (χ0v) is 9.65. The Morgan fingerprint density at radius 1 is 1.73 bits per heavy atom. The van der Waals surface area contributed by atoms with Crippen LogP contribution >= 0.6 is 15.9 Å². The van der Waals surface area contributed by atoms with E-state index in [1.165, 1.54) is 12.3 Å². The highest BCUT2D eigenvalue weighted by molar-refractivity contribution is 9.10. The molecule has 0 atom stereocenters. The van der Waals surface area contributed by atoms with Crippen LogP contribution in [0.3, 0.4) is 0 Å². The number of nitrogens with one attached hydrogen (secondary N) is 1. The van der Waals surface area contributed by atoms with Gasteiger partial charge in [0.15, 0.2) is 0 Å². The van der Waals surface area contributed by atoms with Crippen LogP contribution in [-0.2, 0) is 4.74 Å². The Labute approximate surface area is 94.9 Å². The third-order valence-corrected chi connectivity index (χ3v) is 2.06. The molecule has 0 fully saturated rings. The molecular weight excluding hydrogens is 266 g/mol. The van der Waals surface area contributed by atoms with E-state index in [1.54, 1.807) is 7.11 Å². The highest BCUT2D eigenvalue weighted by atomic mass is 79.9. The number of aromatic nitrogens is 1. The maximum Gasteiger partial charge on any atom is 0.312 e. The van der Waals surface area contributed by atoms with Crippen LogP contribution in [-0.4, -0.2) is 30.2 Å². The summed E-state index contributed by atoms with van der Waals surface area (Å²) in [6, 6.07) is 1.40. The zero-order chi connectivity index (χ0) is 11.3. The summed E-state index contributed by atoms with van der Waals surface area (Å²) in [7, 11) is 1.56. The molecule has 82 valence electrons. The van der Waals surface area contributed by atoms with E-state index >= 15 is 0 Å². The van der Waals surface area contributed by atoms with Gasteiger partial charge in [0.05, 0.1) is 11.5 Å². The first-order valence-corrected chi connectivity index (χ1v) is 4.97. The standard InChI is InChI=1S/C8H10BrN3O3/c1-15-3-2-10-8-7(12(13)14)4-6(9)5-11-8/h4-5H,2-3H2,1H3,(H,10,11). The first-order valence-electron chi connectivity index (χ1n) is 4.18. The maximum atomic E-state index is 10.7. The van der Waals surface area contributed by atoms with Gasteiger partial charge in [0.1, 0.15) is 0 Å². The number of nitrogens with zero attached hydrogens (tertiary/aromatic N) is 2. The summed E-state index contributed by atoms with van der Waals surface area (Å²) in [5.74, 6) is 0.250. The minimum atomic E-state index is -0.479. The largest absolute Gasteiger partial charge is 0.383 e. The number of anilines is 1. The molecule has 1 aromatic heterocycles. The van der Waals surface area contributed by atoms with Crippen molar-refractivity contribution in [1.82, 2.24) is 4.98 Å². The summed E-state index contributed by atoms with van der Waals surface area (Å²) < 4.78 is 5.39. The fourth-order valence-corrected chi connectivity index (χ4v) is 1.29. The first kappa shape index (κ1) is 11.9. The van der Waals surface area contributed by atoms with Crippen molar-refractivity contribution in [2.24, 2.45) is 0 Å². The quantitative estimate of drug-likeness (QED) is 0.504. The monoisotopic (exact) mass is 275 g/mol. The minimum absolute atomic E-state index is 0.0551. The van der Waals surface area contributed by atoms with Gasteiger partial charge in [-0.15, -0.1) is 0 Å². The maximum absolute atomic E-state index is 10.7. The molecule has 0 unspecified atom stereocenters. The fraction of sp³-hybridized carbons (Fsp3) is 0.375. The third kappa shape index (κ3) is 3.45. The number of nitro groups is 1. The number of rotatable bonds is 5. The van der Waals surface area contributed by atoms with Gasteiger partial charge < -0.3 is 10.1 Å². The van der Waals surface area contributed by atoms with Crippen LogP contribution in [0.25, 0.3) is 0 Å². The molecule has 7 heteroatoms. The Hall–Kier alpha value is -1.21. The molecule has 0 amide bonds. The van der Waals surface area contributed by atoms with Gasteiger partial charge >= 0.3 is 5.69 Å². The van der Waals surface area contributed by atoms with E-state index in [0.29, 0.717) is 17.6 Å². The predicted octanol–water partition coefficient (Wildman–Crippen LogP) is 1.81. The average Bonchev–Trinajstić information content (AvgIpc) is 2.20. The number of halogens is 1. The molecule has 15 heavy (non-hydrogen) atoms. The Kier molecular flexibility index (Phi) is 4.44. The highest BCUT2D eigenvalue weighted by Crippen LogP contribution is 2.24. The molecular formula is C8H10BrN3O3. The number of hydrogen-bond donors (Lipinski definition) is 1. The van der Waals surface area contributed by atoms with Gasteiger partial charge in [-0.2, -0.15) is 0 Å². The lowest BCUT2D eigenvalue weighted by Gasteiger charge is -2.05. The van der Waals surface area contributed by atoms with Crippen LogP contribution in [0.1, 0.15) is 0 Å². The first-order chi connectivity index (χ1) is 7.15. The van der Waals surface area contributed by atoms with E-state index in [9.17, 15) is 10.1 Å². The summed E-state index contributed by atoms with van der Waals surface area (Å²) in [5, 5.41) is 13.5. The van der Waals surface area contributed by atoms with E-state index in [1.807, 2.05) is 0 Å². The van der Waals surface area contributed by atoms with E-state index in [2.05, 4.69) is 26.2 Å². The second kappa shape index (κ2) is 5.62.